The topological polar surface area (TPSA) is 230 Å². The summed E-state index contributed by atoms with van der Waals surface area (Å²) in [6.07, 6.45) is 2.34. The van der Waals surface area contributed by atoms with Gasteiger partial charge < -0.3 is 37.4 Å². The van der Waals surface area contributed by atoms with Gasteiger partial charge in [-0.3, -0.25) is 9.82 Å². The summed E-state index contributed by atoms with van der Waals surface area (Å²) in [5.74, 6) is 1.03. The van der Waals surface area contributed by atoms with E-state index in [-0.39, 0.29) is 29.0 Å². The van der Waals surface area contributed by atoms with Gasteiger partial charge >= 0.3 is 0 Å². The molecule has 2 aromatic heterocycles. The molecule has 0 unspecified atom stereocenters. The van der Waals surface area contributed by atoms with Crippen LogP contribution in [0.3, 0.4) is 0 Å². The molecule has 0 spiro atoms. The summed E-state index contributed by atoms with van der Waals surface area (Å²) in [5, 5.41) is 21.1. The maximum Gasteiger partial charge on any atom is 0.261 e. The number of hydrogen-bond acceptors (Lipinski definition) is 13. The van der Waals surface area contributed by atoms with E-state index in [4.69, 9.17) is 22.2 Å². The zero-order valence-electron chi connectivity index (χ0n) is 22.8. The van der Waals surface area contributed by atoms with Crippen molar-refractivity contribution in [1.82, 2.24) is 25.1 Å². The molecule has 4 aromatic rings. The normalized spacial score (nSPS) is 23.0. The number of H-pyrrole nitrogens is 1. The Morgan fingerprint density at radius 1 is 0.952 bits per heavy atom. The second-order valence-electron chi connectivity index (χ2n) is 10.8. The Balaban J connectivity index is 1.25. The number of sulfonamides is 1. The third-order valence-corrected chi connectivity index (χ3v) is 8.84. The van der Waals surface area contributed by atoms with Crippen molar-refractivity contribution in [1.29, 1.82) is 0 Å². The molecular formula is C26H34N12O3S. The van der Waals surface area contributed by atoms with Crippen LogP contribution in [0.15, 0.2) is 53.6 Å². The van der Waals surface area contributed by atoms with Crippen LogP contribution in [0.2, 0.25) is 0 Å². The molecular weight excluding hydrogens is 560 g/mol. The first-order valence-corrected chi connectivity index (χ1v) is 15.1. The molecule has 2 saturated heterocycles. The lowest BCUT2D eigenvalue weighted by Crippen LogP contribution is -2.53. The summed E-state index contributed by atoms with van der Waals surface area (Å²) >= 11 is 0. The van der Waals surface area contributed by atoms with Crippen LogP contribution in [0, 0.1) is 0 Å². The molecule has 0 amide bonds. The fraction of sp³-hybridized carbons (Fsp3) is 0.385. The molecule has 0 radical (unpaired) electrons. The van der Waals surface area contributed by atoms with Crippen LogP contribution in [0.25, 0.3) is 10.9 Å². The fourth-order valence-electron chi connectivity index (χ4n) is 5.44. The predicted molar refractivity (Wildman–Crippen MR) is 160 cm³/mol. The van der Waals surface area contributed by atoms with Gasteiger partial charge in [0.1, 0.15) is 0 Å². The summed E-state index contributed by atoms with van der Waals surface area (Å²) in [7, 11) is -3.84. The zero-order valence-corrected chi connectivity index (χ0v) is 23.6. The van der Waals surface area contributed by atoms with Crippen LogP contribution in [-0.2, 0) is 10.0 Å². The van der Waals surface area contributed by atoms with Crippen LogP contribution in [0.1, 0.15) is 12.8 Å². The number of aromatic nitrogens is 5. The highest BCUT2D eigenvalue weighted by molar-refractivity contribution is 7.92. The molecule has 2 aromatic carbocycles. The van der Waals surface area contributed by atoms with Gasteiger partial charge in [-0.1, -0.05) is 0 Å². The number of rotatable bonds is 8. The number of nitrogens with one attached hydrogen (secondary N) is 3. The van der Waals surface area contributed by atoms with Crippen molar-refractivity contribution in [3.8, 4) is 0 Å². The summed E-state index contributed by atoms with van der Waals surface area (Å²) in [4.78, 5) is 17.9. The zero-order chi connectivity index (χ0) is 29.4. The lowest BCUT2D eigenvalue weighted by atomic mass is 10.0. The molecule has 16 heteroatoms. The third-order valence-electron chi connectivity index (χ3n) is 7.45. The molecule has 4 atom stereocenters. The Kier molecular flexibility index (Phi) is 7.54. The minimum absolute atomic E-state index is 0.0860. The number of benzene rings is 2. The highest BCUT2D eigenvalue weighted by Gasteiger charge is 2.33. The van der Waals surface area contributed by atoms with Crippen LogP contribution in [0.4, 0.5) is 29.2 Å². The van der Waals surface area contributed by atoms with Gasteiger partial charge in [-0.05, 0) is 55.3 Å². The number of aromatic amines is 1. The number of nitrogens with two attached hydrogens (primary N) is 3. The standard InChI is InChI=1S/C26H34N12O3S/c27-10-20-9-21(39)14-38(20)26-33-24(32-25(34-26)37-12-16(28)7-17(29)13-37)31-18-3-5-22(6-4-18)42(40,41)36-19-2-1-15-11-30-35-23(15)8-19/h1-6,8,11,16-17,20-21,36,39H,7,9-10,12-14,27-29H2,(H,30,35)(H,31,32,33,34)/t16-,17+,20-,21-/m0/s1. The minimum atomic E-state index is -3.84. The average Bonchev–Trinajstić information content (AvgIpc) is 3.58. The summed E-state index contributed by atoms with van der Waals surface area (Å²) in [6.45, 7) is 1.75. The van der Waals surface area contributed by atoms with E-state index in [1.54, 1.807) is 36.5 Å². The second kappa shape index (κ2) is 11.3. The molecule has 2 aliphatic rings. The first kappa shape index (κ1) is 28.0. The molecule has 2 fully saturated rings. The van der Waals surface area contributed by atoms with Crippen molar-refractivity contribution in [2.45, 2.75) is 42.0 Å². The van der Waals surface area contributed by atoms with Crippen LogP contribution >= 0.6 is 0 Å². The first-order chi connectivity index (χ1) is 20.2. The van der Waals surface area contributed by atoms with E-state index >= 15 is 0 Å². The Bertz CT molecular complexity index is 1650. The number of anilines is 5. The second-order valence-corrected chi connectivity index (χ2v) is 12.5. The first-order valence-electron chi connectivity index (χ1n) is 13.7. The Hall–Kier alpha value is -4.09. The van der Waals surface area contributed by atoms with E-state index in [1.165, 1.54) is 12.1 Å². The van der Waals surface area contributed by atoms with E-state index in [1.807, 2.05) is 9.80 Å². The van der Waals surface area contributed by atoms with Crippen molar-refractivity contribution in [3.63, 3.8) is 0 Å². The van der Waals surface area contributed by atoms with Crippen molar-refractivity contribution in [2.24, 2.45) is 17.2 Å². The van der Waals surface area contributed by atoms with E-state index < -0.39 is 16.1 Å². The van der Waals surface area contributed by atoms with Crippen LogP contribution in [0.5, 0.6) is 0 Å². The van der Waals surface area contributed by atoms with Crippen molar-refractivity contribution < 1.29 is 13.5 Å². The summed E-state index contributed by atoms with van der Waals surface area (Å²) in [5.41, 5.74) is 20.1. The van der Waals surface area contributed by atoms with Gasteiger partial charge in [0.25, 0.3) is 10.0 Å². The van der Waals surface area contributed by atoms with Gasteiger partial charge in [0.15, 0.2) is 0 Å². The van der Waals surface area contributed by atoms with E-state index in [0.29, 0.717) is 62.3 Å². The minimum Gasteiger partial charge on any atom is -0.391 e. The monoisotopic (exact) mass is 594 g/mol. The van der Waals surface area contributed by atoms with Gasteiger partial charge in [0.05, 0.1) is 28.4 Å². The molecule has 15 nitrogen and oxygen atoms in total. The number of fused-ring (bicyclic) bond motifs is 1. The molecule has 2 aliphatic heterocycles. The van der Waals surface area contributed by atoms with Gasteiger partial charge in [-0.15, -0.1) is 0 Å². The van der Waals surface area contributed by atoms with Crippen molar-refractivity contribution >= 4 is 50.1 Å². The van der Waals surface area contributed by atoms with Crippen LogP contribution < -0.4 is 37.0 Å². The number of hydrogen-bond donors (Lipinski definition) is 7. The molecule has 4 heterocycles. The molecule has 0 aliphatic carbocycles. The van der Waals surface area contributed by atoms with Gasteiger partial charge in [0, 0.05) is 55.4 Å². The smallest absolute Gasteiger partial charge is 0.261 e. The lowest BCUT2D eigenvalue weighted by molar-refractivity contribution is 0.194. The van der Waals surface area contributed by atoms with Crippen LogP contribution in [-0.4, -0.2) is 89.1 Å². The Labute approximate surface area is 242 Å². The quantitative estimate of drug-likeness (QED) is 0.143. The third kappa shape index (κ3) is 5.93. The molecule has 10 N–H and O–H groups in total. The molecule has 6 rings (SSSR count). The highest BCUT2D eigenvalue weighted by Crippen LogP contribution is 2.28. The van der Waals surface area contributed by atoms with Crippen molar-refractivity contribution in [3.05, 3.63) is 48.7 Å². The van der Waals surface area contributed by atoms with Gasteiger partial charge in [-0.2, -0.15) is 20.1 Å². The summed E-state index contributed by atoms with van der Waals surface area (Å²) < 4.78 is 28.7. The highest BCUT2D eigenvalue weighted by atomic mass is 32.2. The molecule has 222 valence electrons. The molecule has 0 bridgehead atoms. The maximum atomic E-state index is 13.0. The number of piperidine rings is 1. The lowest BCUT2D eigenvalue weighted by Gasteiger charge is -2.35. The average molecular weight is 595 g/mol. The van der Waals surface area contributed by atoms with Gasteiger partial charge in [0.2, 0.25) is 17.8 Å². The number of aliphatic hydroxyl groups excluding tert-OH is 1. The van der Waals surface area contributed by atoms with E-state index in [9.17, 15) is 13.5 Å². The van der Waals surface area contributed by atoms with Crippen molar-refractivity contribution in [2.75, 3.05) is 46.0 Å². The number of aliphatic hydroxyl groups is 1. The predicted octanol–water partition coefficient (Wildman–Crippen LogP) is 0.0553. The largest absolute Gasteiger partial charge is 0.391 e. The number of β-amino-alcohol motifs (C(OH)–C–C–N with tert-alkyl or cyclic N) is 1. The Morgan fingerprint density at radius 3 is 2.40 bits per heavy atom. The fourth-order valence-corrected chi connectivity index (χ4v) is 6.49. The molecule has 42 heavy (non-hydrogen) atoms. The Morgan fingerprint density at radius 2 is 1.67 bits per heavy atom. The maximum absolute atomic E-state index is 13.0. The van der Waals surface area contributed by atoms with E-state index in [0.717, 1.165) is 10.9 Å². The number of nitrogens with zero attached hydrogens (tertiary/aromatic N) is 6. The SMILES string of the molecule is NC[C@@H]1C[C@H](O)CN1c1nc(Nc2ccc(S(=O)(=O)Nc3ccc4cn[nH]c4c3)cc2)nc(N2C[C@H](N)C[C@H](N)C2)n1. The van der Waals surface area contributed by atoms with Gasteiger partial charge in [-0.25, -0.2) is 8.42 Å². The molecule has 0 saturated carbocycles. The van der Waals surface area contributed by atoms with E-state index in [2.05, 4.69) is 30.2 Å². The summed E-state index contributed by atoms with van der Waals surface area (Å²) in [6, 6.07) is 11.0.